The average Bonchev–Trinajstić information content (AvgIpc) is 3.16. The lowest BCUT2D eigenvalue weighted by atomic mass is 10.1. The average molecular weight is 666 g/mol. The molecule has 40 heavy (non-hydrogen) atoms. The molecule has 0 aromatic heterocycles. The van der Waals surface area contributed by atoms with Crippen LogP contribution in [-0.4, -0.2) is 42.2 Å². The van der Waals surface area contributed by atoms with Gasteiger partial charge < -0.3 is 19.5 Å². The fourth-order valence-corrected chi connectivity index (χ4v) is 5.48. The molecule has 12 heteroatoms. The van der Waals surface area contributed by atoms with Gasteiger partial charge in [0.15, 0.2) is 11.5 Å². The third-order valence-corrected chi connectivity index (χ3v) is 7.58. The van der Waals surface area contributed by atoms with Gasteiger partial charge in [-0.1, -0.05) is 35.3 Å². The number of carbonyl (C=O) groups excluding carboxylic acids is 3. The van der Waals surface area contributed by atoms with Crippen LogP contribution in [0.5, 0.6) is 17.2 Å². The summed E-state index contributed by atoms with van der Waals surface area (Å²) in [6.45, 7) is 2.08. The fourth-order valence-electron chi connectivity index (χ4n) is 3.69. The van der Waals surface area contributed by atoms with Crippen molar-refractivity contribution in [1.82, 2.24) is 4.90 Å². The van der Waals surface area contributed by atoms with E-state index in [0.717, 1.165) is 22.2 Å². The third-order valence-electron chi connectivity index (χ3n) is 5.54. The Bertz CT molecular complexity index is 1480. The zero-order chi connectivity index (χ0) is 28.8. The van der Waals surface area contributed by atoms with Crippen molar-refractivity contribution in [2.45, 2.75) is 13.5 Å². The molecule has 0 saturated carbocycles. The van der Waals surface area contributed by atoms with Crippen molar-refractivity contribution >= 4 is 79.7 Å². The Morgan fingerprint density at radius 2 is 1.80 bits per heavy atom. The molecule has 1 aliphatic heterocycles. The highest BCUT2D eigenvalue weighted by Gasteiger charge is 2.36. The highest BCUT2D eigenvalue weighted by molar-refractivity contribution is 9.10. The molecule has 4 rings (SSSR count). The maximum Gasteiger partial charge on any atom is 0.294 e. The van der Waals surface area contributed by atoms with Gasteiger partial charge in [-0.2, -0.15) is 0 Å². The predicted octanol–water partition coefficient (Wildman–Crippen LogP) is 7.42. The number of ether oxygens (including phenoxy) is 3. The predicted molar refractivity (Wildman–Crippen MR) is 160 cm³/mol. The lowest BCUT2D eigenvalue weighted by Crippen LogP contribution is -2.36. The maximum atomic E-state index is 13.0. The van der Waals surface area contributed by atoms with Crippen LogP contribution in [0.25, 0.3) is 6.08 Å². The largest absolute Gasteiger partial charge is 0.495 e. The zero-order valence-corrected chi connectivity index (χ0v) is 25.2. The molecule has 0 aliphatic carbocycles. The third kappa shape index (κ3) is 7.31. The zero-order valence-electron chi connectivity index (χ0n) is 21.3. The molecule has 0 atom stereocenters. The molecule has 3 aromatic rings. The summed E-state index contributed by atoms with van der Waals surface area (Å²) in [5.41, 5.74) is 1.94. The van der Waals surface area contributed by atoms with Crippen LogP contribution in [0.2, 0.25) is 10.0 Å². The van der Waals surface area contributed by atoms with Crippen LogP contribution in [0, 0.1) is 0 Å². The van der Waals surface area contributed by atoms with Crippen LogP contribution < -0.4 is 19.5 Å². The number of amides is 3. The Labute approximate surface area is 253 Å². The maximum absolute atomic E-state index is 13.0. The first-order valence-electron chi connectivity index (χ1n) is 11.9. The van der Waals surface area contributed by atoms with E-state index < -0.39 is 23.6 Å². The number of methoxy groups -OCH3 is 1. The summed E-state index contributed by atoms with van der Waals surface area (Å²) in [6.07, 6.45) is 1.57. The fraction of sp³-hybridized carbons (Fsp3) is 0.179. The van der Waals surface area contributed by atoms with Gasteiger partial charge in [-0.3, -0.25) is 19.3 Å². The molecule has 1 aliphatic rings. The highest BCUT2D eigenvalue weighted by Crippen LogP contribution is 2.40. The van der Waals surface area contributed by atoms with Gasteiger partial charge in [0.2, 0.25) is 5.91 Å². The summed E-state index contributed by atoms with van der Waals surface area (Å²) in [7, 11) is 1.48. The number of benzene rings is 3. The molecule has 8 nitrogen and oxygen atoms in total. The second kappa shape index (κ2) is 13.5. The highest BCUT2D eigenvalue weighted by atomic mass is 79.9. The van der Waals surface area contributed by atoms with Gasteiger partial charge in [0.05, 0.1) is 28.1 Å². The number of thioether (sulfide) groups is 1. The number of halogens is 3. The summed E-state index contributed by atoms with van der Waals surface area (Å²) >= 11 is 16.3. The monoisotopic (exact) mass is 664 g/mol. The van der Waals surface area contributed by atoms with Crippen molar-refractivity contribution in [3.05, 3.63) is 85.1 Å². The molecule has 3 aromatic carbocycles. The molecule has 208 valence electrons. The number of nitrogens with zero attached hydrogens (tertiary/aromatic N) is 1. The molecule has 0 bridgehead atoms. The van der Waals surface area contributed by atoms with Crippen LogP contribution in [0.1, 0.15) is 18.1 Å². The first kappa shape index (κ1) is 29.8. The van der Waals surface area contributed by atoms with Crippen LogP contribution in [0.4, 0.5) is 10.5 Å². The van der Waals surface area contributed by atoms with Gasteiger partial charge in [0.25, 0.3) is 11.1 Å². The minimum absolute atomic E-state index is 0.175. The molecule has 1 saturated heterocycles. The van der Waals surface area contributed by atoms with E-state index in [9.17, 15) is 14.4 Å². The van der Waals surface area contributed by atoms with Gasteiger partial charge in [-0.05, 0) is 94.3 Å². The van der Waals surface area contributed by atoms with Crippen LogP contribution in [0.15, 0.2) is 64.0 Å². The second-order valence-corrected chi connectivity index (χ2v) is 11.0. The van der Waals surface area contributed by atoms with Gasteiger partial charge in [0.1, 0.15) is 18.9 Å². The summed E-state index contributed by atoms with van der Waals surface area (Å²) in [5.74, 6) is 0.297. The quantitative estimate of drug-likeness (QED) is 0.225. The lowest BCUT2D eigenvalue weighted by Gasteiger charge is -2.15. The van der Waals surface area contributed by atoms with E-state index >= 15 is 0 Å². The smallest absolute Gasteiger partial charge is 0.294 e. The normalized spacial score (nSPS) is 14.0. The minimum atomic E-state index is -0.574. The number of rotatable bonds is 10. The van der Waals surface area contributed by atoms with Crippen LogP contribution in [-0.2, 0) is 16.2 Å². The first-order valence-corrected chi connectivity index (χ1v) is 14.3. The SMILES string of the molecule is CCOc1cc(/C=C2/SC(=O)N(CC(=O)Nc3ccc(OC)c(Cl)c3)C2=O)cc(Br)c1OCc1ccc(Cl)cc1. The van der Waals surface area contributed by atoms with E-state index in [2.05, 4.69) is 21.2 Å². The summed E-state index contributed by atoms with van der Waals surface area (Å²) in [5, 5.41) is 3.03. The molecular formula is C28H23BrCl2N2O6S. The van der Waals surface area contributed by atoms with E-state index in [1.807, 2.05) is 19.1 Å². The molecule has 3 amide bonds. The van der Waals surface area contributed by atoms with Crippen LogP contribution >= 0.6 is 50.9 Å². The Morgan fingerprint density at radius 1 is 1.05 bits per heavy atom. The first-order chi connectivity index (χ1) is 19.2. The van der Waals surface area contributed by atoms with Crippen molar-refractivity contribution in [2.75, 3.05) is 25.6 Å². The number of hydrogen-bond donors (Lipinski definition) is 1. The molecule has 0 spiro atoms. The second-order valence-electron chi connectivity index (χ2n) is 8.34. The van der Waals surface area contributed by atoms with E-state index in [-0.39, 0.29) is 4.91 Å². The van der Waals surface area contributed by atoms with Crippen molar-refractivity contribution in [2.24, 2.45) is 0 Å². The molecular weight excluding hydrogens is 643 g/mol. The number of anilines is 1. The Kier molecular flexibility index (Phi) is 10.0. The van der Waals surface area contributed by atoms with Crippen molar-refractivity contribution in [3.8, 4) is 17.2 Å². The van der Waals surface area contributed by atoms with Gasteiger partial charge in [-0.15, -0.1) is 0 Å². The molecule has 0 unspecified atom stereocenters. The van der Waals surface area contributed by atoms with Gasteiger partial charge in [0, 0.05) is 10.7 Å². The summed E-state index contributed by atoms with van der Waals surface area (Å²) < 4.78 is 17.5. The Hall–Kier alpha value is -3.18. The van der Waals surface area contributed by atoms with Crippen molar-refractivity contribution in [1.29, 1.82) is 0 Å². The van der Waals surface area contributed by atoms with E-state index in [1.54, 1.807) is 42.5 Å². The Morgan fingerprint density at radius 3 is 2.48 bits per heavy atom. The van der Waals surface area contributed by atoms with E-state index in [1.165, 1.54) is 13.2 Å². The van der Waals surface area contributed by atoms with Crippen molar-refractivity contribution in [3.63, 3.8) is 0 Å². The van der Waals surface area contributed by atoms with Crippen LogP contribution in [0.3, 0.4) is 0 Å². The number of nitrogens with one attached hydrogen (secondary N) is 1. The molecule has 1 heterocycles. The van der Waals surface area contributed by atoms with E-state index in [4.69, 9.17) is 37.4 Å². The molecule has 0 radical (unpaired) electrons. The van der Waals surface area contributed by atoms with Gasteiger partial charge >= 0.3 is 0 Å². The number of hydrogen-bond acceptors (Lipinski definition) is 7. The molecule has 1 N–H and O–H groups in total. The standard InChI is InChI=1S/C28H23BrCl2N2O6S/c1-3-38-23-11-17(10-20(29)26(23)39-15-16-4-6-18(30)7-5-16)12-24-27(35)33(28(36)40-24)14-25(34)32-19-8-9-22(37-2)21(31)13-19/h4-13H,3,14-15H2,1-2H3,(H,32,34)/b24-12+. The van der Waals surface area contributed by atoms with E-state index in [0.29, 0.717) is 56.2 Å². The Balaban J connectivity index is 1.47. The summed E-state index contributed by atoms with van der Waals surface area (Å²) in [4.78, 5) is 39.2. The minimum Gasteiger partial charge on any atom is -0.495 e. The molecule has 1 fully saturated rings. The number of carbonyl (C=O) groups is 3. The number of imide groups is 1. The summed E-state index contributed by atoms with van der Waals surface area (Å²) in [6, 6.07) is 15.5. The van der Waals surface area contributed by atoms with Crippen molar-refractivity contribution < 1.29 is 28.6 Å². The lowest BCUT2D eigenvalue weighted by molar-refractivity contribution is -0.127. The topological polar surface area (TPSA) is 94.2 Å². The van der Waals surface area contributed by atoms with Gasteiger partial charge in [-0.25, -0.2) is 0 Å².